The lowest BCUT2D eigenvalue weighted by Crippen LogP contribution is -2.44. The van der Waals surface area contributed by atoms with E-state index >= 15 is 0 Å². The van der Waals surface area contributed by atoms with E-state index in [0.29, 0.717) is 12.6 Å². The number of nitrogens with one attached hydrogen (secondary N) is 3. The zero-order valence-electron chi connectivity index (χ0n) is 17.4. The molecule has 1 aromatic rings. The van der Waals surface area contributed by atoms with E-state index in [0.717, 1.165) is 28.9 Å². The van der Waals surface area contributed by atoms with Crippen LogP contribution in [-0.2, 0) is 22.3 Å². The van der Waals surface area contributed by atoms with Gasteiger partial charge in [-0.2, -0.15) is 0 Å². The van der Waals surface area contributed by atoms with Gasteiger partial charge in [0.05, 0.1) is 5.75 Å². The summed E-state index contributed by atoms with van der Waals surface area (Å²) in [6, 6.07) is 8.10. The van der Waals surface area contributed by atoms with E-state index in [9.17, 15) is 8.42 Å². The molecule has 0 heterocycles. The monoisotopic (exact) mass is 522 g/mol. The van der Waals surface area contributed by atoms with E-state index in [4.69, 9.17) is 0 Å². The average molecular weight is 522 g/mol. The van der Waals surface area contributed by atoms with E-state index in [1.807, 2.05) is 24.3 Å². The van der Waals surface area contributed by atoms with Crippen LogP contribution in [0.2, 0.25) is 0 Å². The zero-order chi connectivity index (χ0) is 19.9. The van der Waals surface area contributed by atoms with E-state index in [2.05, 4.69) is 34.2 Å². The first-order chi connectivity index (χ1) is 12.8. The molecule has 8 heteroatoms. The molecular formula is C20H35IN4O2S. The molecule has 0 bridgehead atoms. The van der Waals surface area contributed by atoms with Gasteiger partial charge in [0.25, 0.3) is 0 Å². The lowest BCUT2D eigenvalue weighted by Gasteiger charge is -2.32. The second-order valence-corrected chi connectivity index (χ2v) is 9.64. The molecule has 0 aliphatic heterocycles. The Kier molecular flexibility index (Phi) is 10.8. The van der Waals surface area contributed by atoms with E-state index in [-0.39, 0.29) is 29.7 Å². The van der Waals surface area contributed by atoms with Crippen LogP contribution in [0.3, 0.4) is 0 Å². The van der Waals surface area contributed by atoms with Gasteiger partial charge in [0.2, 0.25) is 10.0 Å². The van der Waals surface area contributed by atoms with Crippen molar-refractivity contribution >= 4 is 40.0 Å². The van der Waals surface area contributed by atoms with Gasteiger partial charge in [-0.15, -0.1) is 24.0 Å². The van der Waals surface area contributed by atoms with Gasteiger partial charge < -0.3 is 10.6 Å². The van der Waals surface area contributed by atoms with Gasteiger partial charge in [0.15, 0.2) is 5.96 Å². The summed E-state index contributed by atoms with van der Waals surface area (Å²) in [6.45, 7) is 5.23. The number of hydrogen-bond acceptors (Lipinski definition) is 3. The molecule has 2 rings (SSSR count). The summed E-state index contributed by atoms with van der Waals surface area (Å²) in [6.07, 6.45) is 4.91. The highest BCUT2D eigenvalue weighted by Crippen LogP contribution is 2.29. The SMILES string of the molecule is CN=C(NCc1cccc(CS(=O)(=O)NC)c1)NC1CCC(C(C)C)CC1.I. The van der Waals surface area contributed by atoms with E-state index < -0.39 is 10.0 Å². The van der Waals surface area contributed by atoms with Gasteiger partial charge in [-0.1, -0.05) is 38.1 Å². The molecule has 1 fully saturated rings. The Bertz CT molecular complexity index is 729. The maximum atomic E-state index is 11.7. The highest BCUT2D eigenvalue weighted by Gasteiger charge is 2.23. The Balaban J connectivity index is 0.00000392. The third kappa shape index (κ3) is 8.24. The highest BCUT2D eigenvalue weighted by molar-refractivity contribution is 14.0. The smallest absolute Gasteiger partial charge is 0.215 e. The summed E-state index contributed by atoms with van der Waals surface area (Å²) >= 11 is 0. The number of halogens is 1. The molecule has 0 spiro atoms. The normalized spacial score (nSPS) is 20.5. The first-order valence-corrected chi connectivity index (χ1v) is 11.4. The van der Waals surface area contributed by atoms with E-state index in [1.54, 1.807) is 7.05 Å². The van der Waals surface area contributed by atoms with Gasteiger partial charge in [-0.25, -0.2) is 13.1 Å². The first-order valence-electron chi connectivity index (χ1n) is 9.79. The van der Waals surface area contributed by atoms with Crippen LogP contribution in [0.15, 0.2) is 29.3 Å². The molecule has 3 N–H and O–H groups in total. The predicted octanol–water partition coefficient (Wildman–Crippen LogP) is 3.23. The van der Waals surface area contributed by atoms with Gasteiger partial charge >= 0.3 is 0 Å². The number of benzene rings is 1. The molecule has 0 amide bonds. The number of guanidine groups is 1. The van der Waals surface area contributed by atoms with Crippen molar-refractivity contribution in [1.29, 1.82) is 0 Å². The highest BCUT2D eigenvalue weighted by atomic mass is 127. The molecule has 0 atom stereocenters. The average Bonchev–Trinajstić information content (AvgIpc) is 2.65. The number of aliphatic imine (C=N–C) groups is 1. The Morgan fingerprint density at radius 2 is 1.82 bits per heavy atom. The molecule has 1 aliphatic rings. The summed E-state index contributed by atoms with van der Waals surface area (Å²) < 4.78 is 25.8. The van der Waals surface area contributed by atoms with Crippen molar-refractivity contribution in [2.45, 2.75) is 57.9 Å². The fourth-order valence-corrected chi connectivity index (χ4v) is 4.39. The Morgan fingerprint density at radius 3 is 2.39 bits per heavy atom. The van der Waals surface area contributed by atoms with Crippen molar-refractivity contribution in [3.05, 3.63) is 35.4 Å². The second-order valence-electron chi connectivity index (χ2n) is 7.71. The van der Waals surface area contributed by atoms with Crippen LogP contribution in [0.25, 0.3) is 0 Å². The van der Waals surface area contributed by atoms with Crippen molar-refractivity contribution in [3.63, 3.8) is 0 Å². The first kappa shape index (κ1) is 25.2. The molecule has 28 heavy (non-hydrogen) atoms. The van der Waals surface area contributed by atoms with Crippen molar-refractivity contribution in [1.82, 2.24) is 15.4 Å². The number of sulfonamides is 1. The van der Waals surface area contributed by atoms with Crippen LogP contribution in [0.5, 0.6) is 0 Å². The Labute approximate surface area is 187 Å². The molecule has 0 aromatic heterocycles. The fraction of sp³-hybridized carbons (Fsp3) is 0.650. The molecule has 0 radical (unpaired) electrons. The number of hydrogen-bond donors (Lipinski definition) is 3. The maximum absolute atomic E-state index is 11.7. The zero-order valence-corrected chi connectivity index (χ0v) is 20.5. The summed E-state index contributed by atoms with van der Waals surface area (Å²) in [4.78, 5) is 4.33. The van der Waals surface area contributed by atoms with Crippen molar-refractivity contribution in [3.8, 4) is 0 Å². The quantitative estimate of drug-likeness (QED) is 0.292. The summed E-state index contributed by atoms with van der Waals surface area (Å²) in [5.74, 6) is 2.40. The molecule has 1 aromatic carbocycles. The topological polar surface area (TPSA) is 82.6 Å². The third-order valence-electron chi connectivity index (χ3n) is 5.40. The van der Waals surface area contributed by atoms with Gasteiger partial charge in [-0.3, -0.25) is 4.99 Å². The number of rotatable bonds is 7. The largest absolute Gasteiger partial charge is 0.354 e. The minimum atomic E-state index is -3.26. The molecule has 0 saturated heterocycles. The van der Waals surface area contributed by atoms with Crippen LogP contribution in [0, 0.1) is 11.8 Å². The van der Waals surface area contributed by atoms with Gasteiger partial charge in [0, 0.05) is 19.6 Å². The molecule has 1 saturated carbocycles. The van der Waals surface area contributed by atoms with Crippen molar-refractivity contribution < 1.29 is 8.42 Å². The second kappa shape index (κ2) is 12.0. The Morgan fingerprint density at radius 1 is 1.18 bits per heavy atom. The van der Waals surface area contributed by atoms with Crippen LogP contribution >= 0.6 is 24.0 Å². The summed E-state index contributed by atoms with van der Waals surface area (Å²) in [7, 11) is -0.0434. The van der Waals surface area contributed by atoms with Crippen molar-refractivity contribution in [2.75, 3.05) is 14.1 Å². The predicted molar refractivity (Wildman–Crippen MR) is 127 cm³/mol. The lowest BCUT2D eigenvalue weighted by atomic mass is 9.80. The summed E-state index contributed by atoms with van der Waals surface area (Å²) in [5, 5.41) is 6.88. The van der Waals surface area contributed by atoms with E-state index in [1.165, 1.54) is 32.7 Å². The number of nitrogens with zero attached hydrogens (tertiary/aromatic N) is 1. The van der Waals surface area contributed by atoms with Crippen LogP contribution < -0.4 is 15.4 Å². The molecule has 1 aliphatic carbocycles. The third-order valence-corrected chi connectivity index (χ3v) is 6.73. The van der Waals surface area contributed by atoms with Gasteiger partial charge in [0.1, 0.15) is 0 Å². The minimum Gasteiger partial charge on any atom is -0.354 e. The molecule has 0 unspecified atom stereocenters. The summed E-state index contributed by atoms with van der Waals surface area (Å²) in [5.41, 5.74) is 1.81. The molecule has 160 valence electrons. The minimum absolute atomic E-state index is 0. The van der Waals surface area contributed by atoms with Crippen LogP contribution in [0.4, 0.5) is 0 Å². The Hall–Kier alpha value is -0.870. The van der Waals surface area contributed by atoms with Gasteiger partial charge in [-0.05, 0) is 55.7 Å². The van der Waals surface area contributed by atoms with Crippen molar-refractivity contribution in [2.24, 2.45) is 16.8 Å². The standard InChI is InChI=1S/C20H34N4O2S.HI/c1-15(2)18-8-10-19(11-9-18)24-20(21-3)23-13-16-6-5-7-17(12-16)14-27(25,26)22-4;/h5-7,12,15,18-19,22H,8-11,13-14H2,1-4H3,(H2,21,23,24);1H. The maximum Gasteiger partial charge on any atom is 0.215 e. The molecule has 6 nitrogen and oxygen atoms in total. The fourth-order valence-electron chi connectivity index (χ4n) is 3.62. The molecular weight excluding hydrogens is 487 g/mol. The van der Waals surface area contributed by atoms with Crippen LogP contribution in [-0.4, -0.2) is 34.5 Å². The lowest BCUT2D eigenvalue weighted by molar-refractivity contribution is 0.250. The van der Waals surface area contributed by atoms with Crippen LogP contribution in [0.1, 0.15) is 50.7 Å².